The number of nitrogens with one attached hydrogen (secondary N) is 3. The first-order chi connectivity index (χ1) is 16.8. The Bertz CT molecular complexity index is 1250. The molecule has 0 bridgehead atoms. The molecule has 1 atom stereocenters. The highest BCUT2D eigenvalue weighted by molar-refractivity contribution is 6.39. The average Bonchev–Trinajstić information content (AvgIpc) is 3.07. The molecule has 10 heteroatoms. The molecule has 3 N–H and O–H groups in total. The van der Waals surface area contributed by atoms with Crippen molar-refractivity contribution in [3.05, 3.63) is 64.7 Å². The molecule has 2 heterocycles. The Kier molecular flexibility index (Phi) is 6.72. The van der Waals surface area contributed by atoms with Gasteiger partial charge < -0.3 is 10.6 Å². The molecule has 0 aliphatic carbocycles. The first-order valence-electron chi connectivity index (χ1n) is 11.3. The average molecular weight is 476 g/mol. The van der Waals surface area contributed by atoms with Crippen LogP contribution in [0.25, 0.3) is 0 Å². The van der Waals surface area contributed by atoms with Crippen LogP contribution in [0.2, 0.25) is 0 Å². The number of para-hydroxylation sites is 1. The first kappa shape index (κ1) is 23.8. The Hall–Kier alpha value is -4.34. The molecule has 0 radical (unpaired) electrons. The van der Waals surface area contributed by atoms with Gasteiger partial charge in [-0.1, -0.05) is 24.3 Å². The van der Waals surface area contributed by atoms with Crippen LogP contribution < -0.4 is 16.0 Å². The molecule has 0 spiro atoms. The number of benzene rings is 2. The van der Waals surface area contributed by atoms with E-state index in [2.05, 4.69) is 16.0 Å². The van der Waals surface area contributed by atoms with Crippen molar-refractivity contribution >= 4 is 41.1 Å². The molecule has 2 aliphatic heterocycles. The molecule has 35 heavy (non-hydrogen) atoms. The molecule has 0 saturated carbocycles. The summed E-state index contributed by atoms with van der Waals surface area (Å²) in [7, 11) is 0. The fraction of sp³-hybridized carbons (Fsp3) is 0.280. The van der Waals surface area contributed by atoms with Crippen LogP contribution in [0.5, 0.6) is 0 Å². The molecule has 1 saturated heterocycles. The van der Waals surface area contributed by atoms with Gasteiger partial charge in [-0.15, -0.1) is 0 Å². The van der Waals surface area contributed by atoms with Gasteiger partial charge in [0.2, 0.25) is 11.8 Å². The number of piperidine rings is 1. The van der Waals surface area contributed by atoms with E-state index in [-0.39, 0.29) is 30.5 Å². The SMILES string of the molecule is Cc1ccccc1NC(=O)C(=O)NCCCc1ccc2c(c1)C(=O)N(C1CCC(=O)NC1=O)C2=O. The predicted molar refractivity (Wildman–Crippen MR) is 124 cm³/mol. The first-order valence-corrected chi connectivity index (χ1v) is 11.3. The fourth-order valence-electron chi connectivity index (χ4n) is 4.14. The smallest absolute Gasteiger partial charge is 0.313 e. The van der Waals surface area contributed by atoms with Gasteiger partial charge in [-0.25, -0.2) is 0 Å². The highest BCUT2D eigenvalue weighted by Crippen LogP contribution is 2.28. The maximum atomic E-state index is 12.9. The van der Waals surface area contributed by atoms with Crippen molar-refractivity contribution in [1.29, 1.82) is 0 Å². The molecule has 2 aromatic rings. The van der Waals surface area contributed by atoms with Crippen LogP contribution in [0.3, 0.4) is 0 Å². The number of carbonyl (C=O) groups is 6. The summed E-state index contributed by atoms with van der Waals surface area (Å²) in [6.45, 7) is 2.07. The third kappa shape index (κ3) is 4.96. The van der Waals surface area contributed by atoms with Gasteiger partial charge in [0.15, 0.2) is 0 Å². The minimum Gasteiger partial charge on any atom is -0.348 e. The van der Waals surface area contributed by atoms with Crippen molar-refractivity contribution in [2.24, 2.45) is 0 Å². The van der Waals surface area contributed by atoms with Crippen LogP contribution in [0.15, 0.2) is 42.5 Å². The molecule has 1 unspecified atom stereocenters. The predicted octanol–water partition coefficient (Wildman–Crippen LogP) is 1.08. The van der Waals surface area contributed by atoms with Crippen LogP contribution in [0.1, 0.15) is 51.1 Å². The summed E-state index contributed by atoms with van der Waals surface area (Å²) in [4.78, 5) is 74.3. The van der Waals surface area contributed by atoms with E-state index >= 15 is 0 Å². The summed E-state index contributed by atoms with van der Waals surface area (Å²) < 4.78 is 0. The van der Waals surface area contributed by atoms with E-state index in [1.54, 1.807) is 30.3 Å². The topological polar surface area (TPSA) is 142 Å². The van der Waals surface area contributed by atoms with Gasteiger partial charge in [0.1, 0.15) is 6.04 Å². The summed E-state index contributed by atoms with van der Waals surface area (Å²) in [6, 6.07) is 11.0. The molecule has 180 valence electrons. The number of nitrogens with zero attached hydrogens (tertiary/aromatic N) is 1. The van der Waals surface area contributed by atoms with Gasteiger partial charge in [-0.2, -0.15) is 0 Å². The van der Waals surface area contributed by atoms with Gasteiger partial charge in [-0.3, -0.25) is 39.0 Å². The van der Waals surface area contributed by atoms with Crippen molar-refractivity contribution in [2.75, 3.05) is 11.9 Å². The van der Waals surface area contributed by atoms with Crippen molar-refractivity contribution in [3.63, 3.8) is 0 Å². The number of rotatable bonds is 6. The maximum Gasteiger partial charge on any atom is 0.313 e. The van der Waals surface area contributed by atoms with Gasteiger partial charge in [0.25, 0.3) is 11.8 Å². The van der Waals surface area contributed by atoms with Crippen molar-refractivity contribution in [2.45, 2.75) is 38.6 Å². The second-order valence-electron chi connectivity index (χ2n) is 8.46. The van der Waals surface area contributed by atoms with Gasteiger partial charge in [0, 0.05) is 18.7 Å². The summed E-state index contributed by atoms with van der Waals surface area (Å²) in [6.07, 6.45) is 1.15. The van der Waals surface area contributed by atoms with Crippen LogP contribution in [-0.4, -0.2) is 52.9 Å². The lowest BCUT2D eigenvalue weighted by Gasteiger charge is -2.27. The zero-order valence-corrected chi connectivity index (χ0v) is 19.1. The van der Waals surface area contributed by atoms with Crippen molar-refractivity contribution in [1.82, 2.24) is 15.5 Å². The van der Waals surface area contributed by atoms with Crippen LogP contribution >= 0.6 is 0 Å². The molecule has 10 nitrogen and oxygen atoms in total. The van der Waals surface area contributed by atoms with E-state index in [4.69, 9.17) is 0 Å². The van der Waals surface area contributed by atoms with E-state index in [1.165, 1.54) is 0 Å². The fourth-order valence-corrected chi connectivity index (χ4v) is 4.14. The molecule has 2 aromatic carbocycles. The number of hydrogen-bond donors (Lipinski definition) is 3. The summed E-state index contributed by atoms with van der Waals surface area (Å²) >= 11 is 0. The molecular formula is C25H24N4O6. The number of amides is 6. The molecule has 0 aromatic heterocycles. The lowest BCUT2D eigenvalue weighted by Crippen LogP contribution is -2.54. The van der Waals surface area contributed by atoms with E-state index in [0.717, 1.165) is 16.0 Å². The van der Waals surface area contributed by atoms with E-state index in [1.807, 2.05) is 19.1 Å². The summed E-state index contributed by atoms with van der Waals surface area (Å²) in [5, 5.41) is 7.30. The second-order valence-corrected chi connectivity index (χ2v) is 8.46. The Balaban J connectivity index is 1.31. The highest BCUT2D eigenvalue weighted by Gasteiger charge is 2.44. The Morgan fingerprint density at radius 2 is 1.74 bits per heavy atom. The largest absolute Gasteiger partial charge is 0.348 e. The normalized spacial score (nSPS) is 17.2. The monoisotopic (exact) mass is 476 g/mol. The second kappa shape index (κ2) is 9.88. The number of imide groups is 2. The van der Waals surface area contributed by atoms with Crippen molar-refractivity contribution < 1.29 is 28.8 Å². The zero-order chi connectivity index (χ0) is 25.1. The molecule has 6 amide bonds. The number of fused-ring (bicyclic) bond motifs is 1. The quantitative estimate of drug-likeness (QED) is 0.324. The van der Waals surface area contributed by atoms with Gasteiger partial charge >= 0.3 is 11.8 Å². The lowest BCUT2D eigenvalue weighted by atomic mass is 10.0. The van der Waals surface area contributed by atoms with Crippen molar-refractivity contribution in [3.8, 4) is 0 Å². The Labute approximate surface area is 201 Å². The molecule has 4 rings (SSSR count). The Morgan fingerprint density at radius 1 is 1.00 bits per heavy atom. The highest BCUT2D eigenvalue weighted by atomic mass is 16.2. The van der Waals surface area contributed by atoms with Crippen LogP contribution in [0, 0.1) is 6.92 Å². The van der Waals surface area contributed by atoms with Gasteiger partial charge in [0.05, 0.1) is 11.1 Å². The standard InChI is InChI=1S/C25H24N4O6/c1-14-5-2-3-7-18(14)27-23(33)22(32)26-12-4-6-15-8-9-16-17(13-15)25(35)29(24(16)34)19-10-11-20(30)28-21(19)31/h2-3,5,7-9,13,19H,4,6,10-12H2,1H3,(H,26,32)(H,27,33)(H,28,30,31). The minimum absolute atomic E-state index is 0.0593. The number of anilines is 1. The summed E-state index contributed by atoms with van der Waals surface area (Å²) in [5.74, 6) is -3.71. The zero-order valence-electron chi connectivity index (χ0n) is 19.1. The summed E-state index contributed by atoms with van der Waals surface area (Å²) in [5.41, 5.74) is 2.60. The van der Waals surface area contributed by atoms with E-state index < -0.39 is 41.5 Å². The number of aryl methyl sites for hydroxylation is 2. The lowest BCUT2D eigenvalue weighted by molar-refractivity contribution is -0.136. The van der Waals surface area contributed by atoms with E-state index in [0.29, 0.717) is 18.5 Å². The minimum atomic E-state index is -1.01. The molecular weight excluding hydrogens is 452 g/mol. The Morgan fingerprint density at radius 3 is 2.49 bits per heavy atom. The molecule has 1 fully saturated rings. The van der Waals surface area contributed by atoms with E-state index in [9.17, 15) is 28.8 Å². The van der Waals surface area contributed by atoms with Crippen LogP contribution in [0.4, 0.5) is 5.69 Å². The van der Waals surface area contributed by atoms with Gasteiger partial charge in [-0.05, 0) is 55.5 Å². The number of hydrogen-bond acceptors (Lipinski definition) is 6. The maximum absolute atomic E-state index is 12.9. The third-order valence-electron chi connectivity index (χ3n) is 6.03. The number of carbonyl (C=O) groups excluding carboxylic acids is 6. The third-order valence-corrected chi connectivity index (χ3v) is 6.03. The van der Waals surface area contributed by atoms with Crippen LogP contribution in [-0.2, 0) is 25.6 Å². The molecule has 2 aliphatic rings.